The lowest BCUT2D eigenvalue weighted by atomic mass is 9.82. The number of thiazole rings is 1. The van der Waals surface area contributed by atoms with Crippen molar-refractivity contribution in [1.29, 1.82) is 0 Å². The normalized spacial score (nSPS) is 28.4. The number of fused-ring (bicyclic) bond motifs is 2. The minimum atomic E-state index is -4.13. The van der Waals surface area contributed by atoms with Gasteiger partial charge in [0.1, 0.15) is 0 Å². The molecular weight excluding hydrogens is 251 g/mol. The number of nitrogens with two attached hydrogens (primary N) is 1. The first kappa shape index (κ1) is 11.3. The Morgan fingerprint density at radius 2 is 2.18 bits per heavy atom. The predicted molar refractivity (Wildman–Crippen MR) is 58.9 cm³/mol. The van der Waals surface area contributed by atoms with Gasteiger partial charge in [-0.25, -0.2) is 4.98 Å². The molecule has 0 amide bonds. The summed E-state index contributed by atoms with van der Waals surface area (Å²) in [6, 6.07) is -0.133. The molecule has 3 aliphatic rings. The van der Waals surface area contributed by atoms with Gasteiger partial charge in [0.15, 0.2) is 5.13 Å². The monoisotopic (exact) mass is 263 g/mol. The molecule has 1 fully saturated rings. The highest BCUT2D eigenvalue weighted by molar-refractivity contribution is 7.15. The van der Waals surface area contributed by atoms with Crippen molar-refractivity contribution in [3.63, 3.8) is 0 Å². The second kappa shape index (κ2) is 3.58. The zero-order chi connectivity index (χ0) is 12.2. The summed E-state index contributed by atoms with van der Waals surface area (Å²) in [6.07, 6.45) is -2.42. The van der Waals surface area contributed by atoms with Crippen LogP contribution < -0.4 is 5.73 Å². The van der Waals surface area contributed by atoms with Crippen LogP contribution in [0.3, 0.4) is 0 Å². The number of halogens is 3. The molecule has 1 aromatic rings. The summed E-state index contributed by atoms with van der Waals surface area (Å²) in [5, 5.41) is 0.473. The van der Waals surface area contributed by atoms with Gasteiger partial charge in [-0.2, -0.15) is 13.2 Å². The fourth-order valence-electron chi connectivity index (χ4n) is 2.86. The van der Waals surface area contributed by atoms with Gasteiger partial charge in [0.2, 0.25) is 0 Å². The Kier molecular flexibility index (Phi) is 2.38. The number of piperidine rings is 1. The molecule has 1 aliphatic carbocycles. The Balaban J connectivity index is 1.90. The van der Waals surface area contributed by atoms with Gasteiger partial charge in [0, 0.05) is 23.4 Å². The van der Waals surface area contributed by atoms with Crippen molar-refractivity contribution in [1.82, 2.24) is 9.88 Å². The lowest BCUT2D eigenvalue weighted by molar-refractivity contribution is -0.156. The molecule has 2 aliphatic heterocycles. The fourth-order valence-corrected chi connectivity index (χ4v) is 3.95. The first-order valence-electron chi connectivity index (χ1n) is 5.51. The van der Waals surface area contributed by atoms with Gasteiger partial charge in [-0.3, -0.25) is 4.90 Å². The molecule has 2 bridgehead atoms. The molecule has 3 heterocycles. The topological polar surface area (TPSA) is 42.1 Å². The standard InChI is InChI=1S/C10H12F3N3S/c11-10(12,13)4-16-3-5-1-2-6(16)8-7(5)15-9(14)17-8/h5-6H,1-4H2,(H2,14,15). The number of aromatic nitrogens is 1. The molecule has 0 aromatic carbocycles. The number of nitrogens with zero attached hydrogens (tertiary/aromatic N) is 2. The van der Waals surface area contributed by atoms with E-state index >= 15 is 0 Å². The molecule has 0 saturated carbocycles. The van der Waals surface area contributed by atoms with Crippen LogP contribution in [0, 0.1) is 0 Å². The number of hydrogen-bond donors (Lipinski definition) is 1. The zero-order valence-electron chi connectivity index (χ0n) is 9.00. The van der Waals surface area contributed by atoms with E-state index in [1.807, 2.05) is 0 Å². The predicted octanol–water partition coefficient (Wildman–Crippen LogP) is 2.52. The molecule has 17 heavy (non-hydrogen) atoms. The maximum atomic E-state index is 12.5. The SMILES string of the molecule is Nc1nc2c(s1)C1CCC2CN1CC(F)(F)F. The van der Waals surface area contributed by atoms with E-state index in [2.05, 4.69) is 4.98 Å². The van der Waals surface area contributed by atoms with Crippen molar-refractivity contribution in [3.05, 3.63) is 10.6 Å². The minimum Gasteiger partial charge on any atom is -0.375 e. The molecule has 1 aromatic heterocycles. The van der Waals surface area contributed by atoms with Gasteiger partial charge in [-0.15, -0.1) is 11.3 Å². The van der Waals surface area contributed by atoms with Gasteiger partial charge in [-0.05, 0) is 12.8 Å². The lowest BCUT2D eigenvalue weighted by Gasteiger charge is -2.44. The van der Waals surface area contributed by atoms with Crippen LogP contribution in [-0.4, -0.2) is 29.1 Å². The van der Waals surface area contributed by atoms with Crippen LogP contribution >= 0.6 is 11.3 Å². The Morgan fingerprint density at radius 3 is 2.88 bits per heavy atom. The summed E-state index contributed by atoms with van der Waals surface area (Å²) in [7, 11) is 0. The van der Waals surface area contributed by atoms with E-state index in [0.717, 1.165) is 23.4 Å². The zero-order valence-corrected chi connectivity index (χ0v) is 9.81. The van der Waals surface area contributed by atoms with Crippen LogP contribution in [0.1, 0.15) is 35.4 Å². The maximum Gasteiger partial charge on any atom is 0.401 e. The first-order chi connectivity index (χ1) is 7.94. The average molecular weight is 263 g/mol. The lowest BCUT2D eigenvalue weighted by Crippen LogP contribution is -2.46. The van der Waals surface area contributed by atoms with Crippen molar-refractivity contribution in [2.45, 2.75) is 31.0 Å². The van der Waals surface area contributed by atoms with E-state index in [4.69, 9.17) is 5.73 Å². The quantitative estimate of drug-likeness (QED) is 0.846. The smallest absolute Gasteiger partial charge is 0.375 e. The highest BCUT2D eigenvalue weighted by Gasteiger charge is 2.44. The molecule has 94 valence electrons. The summed E-state index contributed by atoms with van der Waals surface area (Å²) in [6.45, 7) is -0.369. The molecule has 1 saturated heterocycles. The number of rotatable bonds is 1. The Morgan fingerprint density at radius 1 is 1.41 bits per heavy atom. The Bertz CT molecular complexity index is 442. The third-order valence-corrected chi connectivity index (χ3v) is 4.46. The van der Waals surface area contributed by atoms with Gasteiger partial charge in [0.05, 0.1) is 12.2 Å². The molecule has 4 rings (SSSR count). The number of hydrogen-bond acceptors (Lipinski definition) is 4. The van der Waals surface area contributed by atoms with Crippen LogP contribution in [0.4, 0.5) is 18.3 Å². The summed E-state index contributed by atoms with van der Waals surface area (Å²) in [4.78, 5) is 6.73. The van der Waals surface area contributed by atoms with Gasteiger partial charge >= 0.3 is 6.18 Å². The van der Waals surface area contributed by atoms with Gasteiger partial charge < -0.3 is 5.73 Å². The number of nitrogen functional groups attached to an aromatic ring is 1. The van der Waals surface area contributed by atoms with Crippen molar-refractivity contribution in [3.8, 4) is 0 Å². The Labute approximate surface area is 100 Å². The summed E-state index contributed by atoms with van der Waals surface area (Å²) < 4.78 is 37.4. The van der Waals surface area contributed by atoms with Crippen molar-refractivity contribution in [2.75, 3.05) is 18.8 Å². The highest BCUT2D eigenvalue weighted by Crippen LogP contribution is 2.49. The molecule has 2 unspecified atom stereocenters. The van der Waals surface area contributed by atoms with Crippen LogP contribution in [0.2, 0.25) is 0 Å². The summed E-state index contributed by atoms with van der Waals surface area (Å²) in [5.74, 6) is 0.130. The second-order valence-electron chi connectivity index (χ2n) is 4.64. The molecule has 0 radical (unpaired) electrons. The van der Waals surface area contributed by atoms with E-state index in [0.29, 0.717) is 11.7 Å². The molecule has 2 atom stereocenters. The maximum absolute atomic E-state index is 12.5. The van der Waals surface area contributed by atoms with Crippen LogP contribution in [-0.2, 0) is 0 Å². The first-order valence-corrected chi connectivity index (χ1v) is 6.32. The van der Waals surface area contributed by atoms with E-state index in [1.165, 1.54) is 16.2 Å². The van der Waals surface area contributed by atoms with E-state index in [-0.39, 0.29) is 12.0 Å². The van der Waals surface area contributed by atoms with Crippen molar-refractivity contribution in [2.24, 2.45) is 0 Å². The Hall–Kier alpha value is -0.820. The van der Waals surface area contributed by atoms with E-state index in [9.17, 15) is 13.2 Å². The average Bonchev–Trinajstić information content (AvgIpc) is 2.58. The van der Waals surface area contributed by atoms with Crippen LogP contribution in [0.25, 0.3) is 0 Å². The molecule has 0 spiro atoms. The van der Waals surface area contributed by atoms with Crippen LogP contribution in [0.15, 0.2) is 0 Å². The second-order valence-corrected chi connectivity index (χ2v) is 5.70. The third-order valence-electron chi connectivity index (χ3n) is 3.45. The third kappa shape index (κ3) is 1.91. The van der Waals surface area contributed by atoms with Gasteiger partial charge in [0.25, 0.3) is 0 Å². The van der Waals surface area contributed by atoms with E-state index < -0.39 is 12.7 Å². The van der Waals surface area contributed by atoms with E-state index in [1.54, 1.807) is 0 Å². The highest BCUT2D eigenvalue weighted by atomic mass is 32.1. The molecule has 2 N–H and O–H groups in total. The number of anilines is 1. The van der Waals surface area contributed by atoms with Crippen molar-refractivity contribution >= 4 is 16.5 Å². The summed E-state index contributed by atoms with van der Waals surface area (Å²) >= 11 is 1.34. The van der Waals surface area contributed by atoms with Gasteiger partial charge in [-0.1, -0.05) is 0 Å². The molecule has 3 nitrogen and oxygen atoms in total. The minimum absolute atomic E-state index is 0.130. The number of alkyl halides is 3. The fraction of sp³-hybridized carbons (Fsp3) is 0.700. The largest absolute Gasteiger partial charge is 0.401 e. The molecular formula is C10H12F3N3S. The van der Waals surface area contributed by atoms with Crippen LogP contribution in [0.5, 0.6) is 0 Å². The molecule has 7 heteroatoms. The van der Waals surface area contributed by atoms with Crippen molar-refractivity contribution < 1.29 is 13.2 Å². The summed E-state index contributed by atoms with van der Waals surface area (Å²) in [5.41, 5.74) is 6.60.